The van der Waals surface area contributed by atoms with Crippen LogP contribution in [0.1, 0.15) is 13.3 Å². The number of rotatable bonds is 7. The van der Waals surface area contributed by atoms with Gasteiger partial charge in [-0.15, -0.1) is 0 Å². The lowest BCUT2D eigenvalue weighted by Gasteiger charge is -2.24. The standard InChI is InChI=1S/C18H21N5O4S/c1-18(17(24)22-25,28(2,26)27)7-9-23-12-15(11-20-23)13-4-3-5-14(10-13)16-6-8-19-21-16/h3-6,8,10-12,25H,7,9H2,1-2H3,(H,19,21)(H,22,24). The second kappa shape index (κ2) is 7.56. The highest BCUT2D eigenvalue weighted by Gasteiger charge is 2.43. The first-order valence-corrected chi connectivity index (χ1v) is 10.4. The van der Waals surface area contributed by atoms with Crippen molar-refractivity contribution in [2.24, 2.45) is 0 Å². The molecule has 3 rings (SSSR count). The number of hydrogen-bond donors (Lipinski definition) is 3. The number of benzene rings is 1. The summed E-state index contributed by atoms with van der Waals surface area (Å²) in [7, 11) is -3.75. The molecule has 3 N–H and O–H groups in total. The number of H-pyrrole nitrogens is 1. The second-order valence-corrected chi connectivity index (χ2v) is 9.17. The zero-order valence-corrected chi connectivity index (χ0v) is 16.3. The van der Waals surface area contributed by atoms with E-state index >= 15 is 0 Å². The number of hydroxylamine groups is 1. The van der Waals surface area contributed by atoms with Gasteiger partial charge in [-0.25, -0.2) is 13.9 Å². The zero-order chi connectivity index (χ0) is 20.4. The summed E-state index contributed by atoms with van der Waals surface area (Å²) in [5.74, 6) is -0.964. The van der Waals surface area contributed by atoms with E-state index in [4.69, 9.17) is 5.21 Å². The molecule has 1 aromatic carbocycles. The summed E-state index contributed by atoms with van der Waals surface area (Å²) in [5, 5.41) is 20.1. The van der Waals surface area contributed by atoms with E-state index in [0.717, 1.165) is 28.6 Å². The van der Waals surface area contributed by atoms with Crippen LogP contribution in [0.5, 0.6) is 0 Å². The number of carbonyl (C=O) groups is 1. The molecule has 2 heterocycles. The molecule has 10 heteroatoms. The van der Waals surface area contributed by atoms with Crippen LogP contribution >= 0.6 is 0 Å². The van der Waals surface area contributed by atoms with Crippen LogP contribution in [0.3, 0.4) is 0 Å². The Balaban J connectivity index is 1.80. The lowest BCUT2D eigenvalue weighted by Crippen LogP contribution is -2.49. The number of nitrogens with one attached hydrogen (secondary N) is 2. The number of carbonyl (C=O) groups excluding carboxylic acids is 1. The smallest absolute Gasteiger partial charge is 0.264 e. The summed E-state index contributed by atoms with van der Waals surface area (Å²) in [6, 6.07) is 9.67. The van der Waals surface area contributed by atoms with Crippen molar-refractivity contribution in [1.29, 1.82) is 0 Å². The normalized spacial score (nSPS) is 13.8. The van der Waals surface area contributed by atoms with E-state index in [1.54, 1.807) is 23.3 Å². The first kappa shape index (κ1) is 19.8. The van der Waals surface area contributed by atoms with Crippen LogP contribution in [-0.2, 0) is 21.2 Å². The third-order valence-electron chi connectivity index (χ3n) is 4.84. The lowest BCUT2D eigenvalue weighted by atomic mass is 10.0. The summed E-state index contributed by atoms with van der Waals surface area (Å²) in [5.41, 5.74) is 5.01. The summed E-state index contributed by atoms with van der Waals surface area (Å²) < 4.78 is 23.9. The van der Waals surface area contributed by atoms with Gasteiger partial charge in [0, 0.05) is 36.3 Å². The van der Waals surface area contributed by atoms with Crippen molar-refractivity contribution in [1.82, 2.24) is 25.5 Å². The average molecular weight is 403 g/mol. The first-order chi connectivity index (χ1) is 13.2. The fourth-order valence-electron chi connectivity index (χ4n) is 2.83. The predicted octanol–water partition coefficient (Wildman–Crippen LogP) is 1.64. The van der Waals surface area contributed by atoms with Crippen molar-refractivity contribution in [2.45, 2.75) is 24.6 Å². The van der Waals surface area contributed by atoms with Gasteiger partial charge in [0.05, 0.1) is 11.9 Å². The number of aromatic nitrogens is 4. The molecule has 2 aromatic heterocycles. The van der Waals surface area contributed by atoms with Gasteiger partial charge in [-0.2, -0.15) is 10.2 Å². The molecule has 3 aromatic rings. The van der Waals surface area contributed by atoms with Crippen molar-refractivity contribution < 1.29 is 18.4 Å². The van der Waals surface area contributed by atoms with Crippen LogP contribution in [0, 0.1) is 0 Å². The summed E-state index contributed by atoms with van der Waals surface area (Å²) in [6.07, 6.45) is 6.14. The van der Waals surface area contributed by atoms with Crippen LogP contribution in [0.25, 0.3) is 22.4 Å². The molecule has 0 saturated heterocycles. The topological polar surface area (TPSA) is 130 Å². The van der Waals surface area contributed by atoms with E-state index < -0.39 is 20.5 Å². The van der Waals surface area contributed by atoms with E-state index in [1.165, 1.54) is 12.4 Å². The molecule has 28 heavy (non-hydrogen) atoms. The van der Waals surface area contributed by atoms with Crippen molar-refractivity contribution in [2.75, 3.05) is 6.26 Å². The molecule has 0 saturated carbocycles. The Hall–Kier alpha value is -2.98. The second-order valence-electron chi connectivity index (χ2n) is 6.73. The zero-order valence-electron chi connectivity index (χ0n) is 15.5. The molecule has 0 radical (unpaired) electrons. The largest absolute Gasteiger partial charge is 0.289 e. The van der Waals surface area contributed by atoms with E-state index in [9.17, 15) is 13.2 Å². The number of hydrogen-bond acceptors (Lipinski definition) is 6. The number of aryl methyl sites for hydroxylation is 1. The fraction of sp³-hybridized carbons (Fsp3) is 0.278. The quantitative estimate of drug-likeness (QED) is 0.406. The van der Waals surface area contributed by atoms with Gasteiger partial charge < -0.3 is 0 Å². The minimum atomic E-state index is -3.75. The van der Waals surface area contributed by atoms with Crippen molar-refractivity contribution in [3.8, 4) is 22.4 Å². The van der Waals surface area contributed by atoms with Gasteiger partial charge in [0.2, 0.25) is 0 Å². The average Bonchev–Trinajstić information content (AvgIpc) is 3.36. The SMILES string of the molecule is CC(CCn1cc(-c2cccc(-c3cc[nH]n3)c2)cn1)(C(=O)NO)S(C)(=O)=O. The molecule has 0 bridgehead atoms. The molecular formula is C18H21N5O4S. The molecule has 9 nitrogen and oxygen atoms in total. The number of nitrogens with zero attached hydrogens (tertiary/aromatic N) is 3. The van der Waals surface area contributed by atoms with Gasteiger partial charge in [-0.05, 0) is 31.0 Å². The Morgan fingerprint density at radius 2 is 2.04 bits per heavy atom. The van der Waals surface area contributed by atoms with Crippen LogP contribution < -0.4 is 5.48 Å². The Morgan fingerprint density at radius 3 is 2.68 bits per heavy atom. The molecule has 0 fully saturated rings. The molecular weight excluding hydrogens is 382 g/mol. The molecule has 0 aliphatic heterocycles. The van der Waals surface area contributed by atoms with Gasteiger partial charge in [-0.1, -0.05) is 18.2 Å². The Morgan fingerprint density at radius 1 is 1.29 bits per heavy atom. The molecule has 1 unspecified atom stereocenters. The van der Waals surface area contributed by atoms with Gasteiger partial charge in [0.15, 0.2) is 14.6 Å². The number of amides is 1. The van der Waals surface area contributed by atoms with Crippen LogP contribution in [-0.4, -0.2) is 50.5 Å². The summed E-state index contributed by atoms with van der Waals surface area (Å²) in [4.78, 5) is 11.9. The van der Waals surface area contributed by atoms with Gasteiger partial charge in [0.1, 0.15) is 0 Å². The molecule has 1 atom stereocenters. The summed E-state index contributed by atoms with van der Waals surface area (Å²) >= 11 is 0. The maximum Gasteiger partial charge on any atom is 0.264 e. The van der Waals surface area contributed by atoms with Gasteiger partial charge in [0.25, 0.3) is 5.91 Å². The molecule has 0 spiro atoms. The number of sulfone groups is 1. The minimum Gasteiger partial charge on any atom is -0.289 e. The van der Waals surface area contributed by atoms with E-state index in [1.807, 2.05) is 30.3 Å². The van der Waals surface area contributed by atoms with Gasteiger partial charge >= 0.3 is 0 Å². The van der Waals surface area contributed by atoms with Crippen molar-refractivity contribution in [3.63, 3.8) is 0 Å². The Bertz CT molecular complexity index is 1080. The maximum absolute atomic E-state index is 12.0. The summed E-state index contributed by atoms with van der Waals surface area (Å²) in [6.45, 7) is 1.47. The third kappa shape index (κ3) is 3.82. The predicted molar refractivity (Wildman–Crippen MR) is 103 cm³/mol. The minimum absolute atomic E-state index is 0.0351. The van der Waals surface area contributed by atoms with Crippen LogP contribution in [0.2, 0.25) is 0 Å². The maximum atomic E-state index is 12.0. The molecule has 1 amide bonds. The molecule has 0 aliphatic rings. The molecule has 0 aliphatic carbocycles. The first-order valence-electron chi connectivity index (χ1n) is 8.52. The van der Waals surface area contributed by atoms with Crippen LogP contribution in [0.15, 0.2) is 48.9 Å². The highest BCUT2D eigenvalue weighted by molar-refractivity contribution is 7.92. The molecule has 148 valence electrons. The van der Waals surface area contributed by atoms with E-state index in [2.05, 4.69) is 15.3 Å². The van der Waals surface area contributed by atoms with E-state index in [0.29, 0.717) is 0 Å². The highest BCUT2D eigenvalue weighted by atomic mass is 32.2. The van der Waals surface area contributed by atoms with Crippen molar-refractivity contribution >= 4 is 15.7 Å². The van der Waals surface area contributed by atoms with Gasteiger partial charge in [-0.3, -0.25) is 19.8 Å². The fourth-order valence-corrected chi connectivity index (χ4v) is 3.67. The Kier molecular flexibility index (Phi) is 5.34. The lowest BCUT2D eigenvalue weighted by molar-refractivity contribution is -0.131. The van der Waals surface area contributed by atoms with E-state index in [-0.39, 0.29) is 13.0 Å². The van der Waals surface area contributed by atoms with Crippen molar-refractivity contribution in [3.05, 3.63) is 48.9 Å². The number of aromatic amines is 1. The highest BCUT2D eigenvalue weighted by Crippen LogP contribution is 2.26. The Labute approximate surface area is 162 Å². The van der Waals surface area contributed by atoms with Crippen LogP contribution in [0.4, 0.5) is 0 Å². The monoisotopic (exact) mass is 403 g/mol. The third-order valence-corrected chi connectivity index (χ3v) is 6.87.